The second-order valence-corrected chi connectivity index (χ2v) is 5.85. The van der Waals surface area contributed by atoms with Crippen LogP contribution in [0.15, 0.2) is 0 Å². The first kappa shape index (κ1) is 15.1. The third kappa shape index (κ3) is 10.4. The van der Waals surface area contributed by atoms with Gasteiger partial charge in [-0.3, -0.25) is 4.21 Å². The molecule has 0 fully saturated rings. The maximum absolute atomic E-state index is 11.5. The Hall–Kier alpha value is 0.110. The van der Waals surface area contributed by atoms with Crippen LogP contribution in [0, 0.1) is 0 Å². The lowest BCUT2D eigenvalue weighted by molar-refractivity contribution is 0.525. The number of hydrogen-bond acceptors (Lipinski definition) is 2. The highest BCUT2D eigenvalue weighted by atomic mass is 32.2. The lowest BCUT2D eigenvalue weighted by Gasteiger charge is -2.11. The number of nitrogens with one attached hydrogen (secondary N) is 1. The standard InChI is InChI=1S/C12H27NOS/c1-4-6-7-10-15(14)11-8-9-12(3)13-5-2/h12-13H,4-11H2,1-3H3. The first-order valence-corrected chi connectivity index (χ1v) is 7.77. The van der Waals surface area contributed by atoms with E-state index < -0.39 is 10.8 Å². The SMILES string of the molecule is CCCCCS(=O)CCCC(C)NCC. The molecular formula is C12H27NOS. The van der Waals surface area contributed by atoms with Gasteiger partial charge in [-0.2, -0.15) is 0 Å². The molecule has 2 nitrogen and oxygen atoms in total. The minimum absolute atomic E-state index is 0.570. The van der Waals surface area contributed by atoms with E-state index in [4.69, 9.17) is 0 Å². The van der Waals surface area contributed by atoms with Gasteiger partial charge in [-0.15, -0.1) is 0 Å². The smallest absolute Gasteiger partial charge is 0.0235 e. The first-order chi connectivity index (χ1) is 7.20. The van der Waals surface area contributed by atoms with Gasteiger partial charge in [0.1, 0.15) is 0 Å². The van der Waals surface area contributed by atoms with Crippen LogP contribution >= 0.6 is 0 Å². The van der Waals surface area contributed by atoms with Crippen molar-refractivity contribution >= 4 is 10.8 Å². The summed E-state index contributed by atoms with van der Waals surface area (Å²) >= 11 is 0. The monoisotopic (exact) mass is 233 g/mol. The molecule has 0 bridgehead atoms. The average molecular weight is 233 g/mol. The van der Waals surface area contributed by atoms with Crippen LogP contribution in [-0.4, -0.2) is 28.3 Å². The number of hydrogen-bond donors (Lipinski definition) is 1. The van der Waals surface area contributed by atoms with Gasteiger partial charge in [0.15, 0.2) is 0 Å². The van der Waals surface area contributed by atoms with Crippen LogP contribution in [0.5, 0.6) is 0 Å². The minimum Gasteiger partial charge on any atom is -0.315 e. The molecular weight excluding hydrogens is 206 g/mol. The molecule has 0 rings (SSSR count). The van der Waals surface area contributed by atoms with E-state index in [0.29, 0.717) is 6.04 Å². The van der Waals surface area contributed by atoms with Crippen molar-refractivity contribution in [1.82, 2.24) is 5.32 Å². The average Bonchev–Trinajstić information content (AvgIpc) is 2.18. The molecule has 0 amide bonds. The highest BCUT2D eigenvalue weighted by Gasteiger charge is 2.02. The van der Waals surface area contributed by atoms with Gasteiger partial charge in [-0.05, 0) is 32.7 Å². The van der Waals surface area contributed by atoms with Gasteiger partial charge in [0, 0.05) is 28.3 Å². The van der Waals surface area contributed by atoms with Gasteiger partial charge in [-0.1, -0.05) is 26.7 Å². The van der Waals surface area contributed by atoms with Crippen LogP contribution in [0.25, 0.3) is 0 Å². The first-order valence-electron chi connectivity index (χ1n) is 6.29. The fourth-order valence-corrected chi connectivity index (χ4v) is 2.84. The van der Waals surface area contributed by atoms with E-state index in [1.54, 1.807) is 0 Å². The van der Waals surface area contributed by atoms with Gasteiger partial charge < -0.3 is 5.32 Å². The molecule has 0 aromatic heterocycles. The highest BCUT2D eigenvalue weighted by molar-refractivity contribution is 7.84. The van der Waals surface area contributed by atoms with E-state index in [2.05, 4.69) is 26.1 Å². The number of unbranched alkanes of at least 4 members (excludes halogenated alkanes) is 2. The Morgan fingerprint density at radius 3 is 2.40 bits per heavy atom. The fraction of sp³-hybridized carbons (Fsp3) is 1.00. The lowest BCUT2D eigenvalue weighted by Crippen LogP contribution is -2.25. The summed E-state index contributed by atoms with van der Waals surface area (Å²) in [5.41, 5.74) is 0. The maximum atomic E-state index is 11.5. The Kier molecular flexibility index (Phi) is 10.7. The van der Waals surface area contributed by atoms with E-state index in [9.17, 15) is 4.21 Å². The van der Waals surface area contributed by atoms with Gasteiger partial charge in [0.25, 0.3) is 0 Å². The van der Waals surface area contributed by atoms with E-state index in [1.807, 2.05) is 0 Å². The van der Waals surface area contributed by atoms with E-state index in [-0.39, 0.29) is 0 Å². The molecule has 0 saturated carbocycles. The molecule has 0 saturated heterocycles. The topological polar surface area (TPSA) is 29.1 Å². The Labute approximate surface area is 97.7 Å². The van der Waals surface area contributed by atoms with Crippen molar-refractivity contribution in [3.63, 3.8) is 0 Å². The van der Waals surface area contributed by atoms with Crippen molar-refractivity contribution < 1.29 is 4.21 Å². The zero-order valence-corrected chi connectivity index (χ0v) is 11.4. The molecule has 1 N–H and O–H groups in total. The van der Waals surface area contributed by atoms with Crippen molar-refractivity contribution in [2.75, 3.05) is 18.1 Å². The summed E-state index contributed by atoms with van der Waals surface area (Å²) in [5, 5.41) is 3.37. The molecule has 0 spiro atoms. The van der Waals surface area contributed by atoms with Crippen LogP contribution < -0.4 is 5.32 Å². The highest BCUT2D eigenvalue weighted by Crippen LogP contribution is 2.01. The van der Waals surface area contributed by atoms with Crippen molar-refractivity contribution in [2.24, 2.45) is 0 Å². The molecule has 0 aliphatic carbocycles. The second-order valence-electron chi connectivity index (χ2n) is 4.16. The van der Waals surface area contributed by atoms with E-state index in [1.165, 1.54) is 12.8 Å². The van der Waals surface area contributed by atoms with Crippen LogP contribution in [0.2, 0.25) is 0 Å². The van der Waals surface area contributed by atoms with Crippen LogP contribution in [-0.2, 0) is 10.8 Å². The van der Waals surface area contributed by atoms with Crippen molar-refractivity contribution in [1.29, 1.82) is 0 Å². The quantitative estimate of drug-likeness (QED) is 0.588. The van der Waals surface area contributed by atoms with Gasteiger partial charge in [0.05, 0.1) is 0 Å². The minimum atomic E-state index is -0.570. The molecule has 0 aliphatic rings. The van der Waals surface area contributed by atoms with Crippen molar-refractivity contribution in [3.05, 3.63) is 0 Å². The summed E-state index contributed by atoms with van der Waals surface area (Å²) in [6, 6.07) is 0.572. The summed E-state index contributed by atoms with van der Waals surface area (Å²) in [7, 11) is -0.570. The molecule has 0 aromatic carbocycles. The van der Waals surface area contributed by atoms with Crippen molar-refractivity contribution in [3.8, 4) is 0 Å². The van der Waals surface area contributed by atoms with Crippen LogP contribution in [0.3, 0.4) is 0 Å². The predicted octanol–water partition coefficient (Wildman–Crippen LogP) is 2.70. The molecule has 0 aromatic rings. The summed E-state index contributed by atoms with van der Waals surface area (Å²) < 4.78 is 11.5. The van der Waals surface area contributed by atoms with E-state index >= 15 is 0 Å². The third-order valence-corrected chi connectivity index (χ3v) is 4.03. The zero-order valence-electron chi connectivity index (χ0n) is 10.6. The normalized spacial score (nSPS) is 15.1. The molecule has 15 heavy (non-hydrogen) atoms. The second kappa shape index (κ2) is 10.6. The molecule has 0 heterocycles. The Bertz CT molecular complexity index is 162. The summed E-state index contributed by atoms with van der Waals surface area (Å²) in [6.45, 7) is 7.53. The van der Waals surface area contributed by atoms with Crippen LogP contribution in [0.1, 0.15) is 52.9 Å². The van der Waals surface area contributed by atoms with E-state index in [0.717, 1.165) is 37.3 Å². The summed E-state index contributed by atoms with van der Waals surface area (Å²) in [6.07, 6.45) is 5.81. The molecule has 92 valence electrons. The van der Waals surface area contributed by atoms with Crippen molar-refractivity contribution in [2.45, 2.75) is 58.9 Å². The van der Waals surface area contributed by atoms with Gasteiger partial charge in [-0.25, -0.2) is 0 Å². The zero-order chi connectivity index (χ0) is 11.5. The summed E-state index contributed by atoms with van der Waals surface area (Å²) in [5.74, 6) is 1.79. The molecule has 2 atom stereocenters. The van der Waals surface area contributed by atoms with Crippen LogP contribution in [0.4, 0.5) is 0 Å². The largest absolute Gasteiger partial charge is 0.315 e. The Balaban J connectivity index is 3.30. The Morgan fingerprint density at radius 1 is 1.13 bits per heavy atom. The molecule has 0 radical (unpaired) electrons. The number of rotatable bonds is 10. The molecule has 0 aliphatic heterocycles. The maximum Gasteiger partial charge on any atom is 0.0235 e. The van der Waals surface area contributed by atoms with Gasteiger partial charge in [0.2, 0.25) is 0 Å². The summed E-state index contributed by atoms with van der Waals surface area (Å²) in [4.78, 5) is 0. The lowest BCUT2D eigenvalue weighted by atomic mass is 10.2. The molecule has 3 heteroatoms. The predicted molar refractivity (Wildman–Crippen MR) is 69.8 cm³/mol. The van der Waals surface area contributed by atoms with Gasteiger partial charge >= 0.3 is 0 Å². The third-order valence-electron chi connectivity index (χ3n) is 2.54. The Morgan fingerprint density at radius 2 is 1.80 bits per heavy atom. The molecule has 2 unspecified atom stereocenters. The fourth-order valence-electron chi connectivity index (χ4n) is 1.62.